The van der Waals surface area contributed by atoms with Crippen LogP contribution in [0.3, 0.4) is 0 Å². The van der Waals surface area contributed by atoms with Gasteiger partial charge in [-0.3, -0.25) is 19.2 Å². The van der Waals surface area contributed by atoms with Crippen LogP contribution >= 0.6 is 0 Å². The average Bonchev–Trinajstić information content (AvgIpc) is 3.63. The van der Waals surface area contributed by atoms with Crippen LogP contribution in [-0.4, -0.2) is 87.0 Å². The summed E-state index contributed by atoms with van der Waals surface area (Å²) in [5.41, 5.74) is 1.48. The number of carbonyl (C=O) groups excluding carboxylic acids is 3. The van der Waals surface area contributed by atoms with Gasteiger partial charge in [0.05, 0.1) is 12.5 Å². The summed E-state index contributed by atoms with van der Waals surface area (Å²) in [5.74, 6) is -4.36. The summed E-state index contributed by atoms with van der Waals surface area (Å²) in [5, 5.41) is 27.8. The first-order valence-electron chi connectivity index (χ1n) is 12.4. The highest BCUT2D eigenvalue weighted by atomic mass is 16.4. The number of nitrogens with one attached hydrogen (secondary N) is 4. The summed E-state index contributed by atoms with van der Waals surface area (Å²) in [7, 11) is 0. The van der Waals surface area contributed by atoms with Crippen molar-refractivity contribution in [1.29, 1.82) is 0 Å². The molecule has 2 saturated heterocycles. The minimum Gasteiger partial charge on any atom is -0.481 e. The Bertz CT molecular complexity index is 1190. The van der Waals surface area contributed by atoms with Crippen molar-refractivity contribution < 1.29 is 34.2 Å². The van der Waals surface area contributed by atoms with Gasteiger partial charge in [0.25, 0.3) is 0 Å². The first-order valence-corrected chi connectivity index (χ1v) is 12.4. The number of H-pyrrole nitrogens is 1. The Kier molecular flexibility index (Phi) is 8.07. The zero-order chi connectivity index (χ0) is 26.5. The molecule has 12 heteroatoms. The zero-order valence-corrected chi connectivity index (χ0v) is 20.2. The third-order valence-corrected chi connectivity index (χ3v) is 6.92. The summed E-state index contributed by atoms with van der Waals surface area (Å²) in [6.07, 6.45) is 3.43. The highest BCUT2D eigenvalue weighted by Gasteiger charge is 2.39. The van der Waals surface area contributed by atoms with E-state index in [9.17, 15) is 34.2 Å². The summed E-state index contributed by atoms with van der Waals surface area (Å²) in [6, 6.07) is 3.28. The number of amides is 3. The second kappa shape index (κ2) is 11.4. The van der Waals surface area contributed by atoms with Crippen molar-refractivity contribution in [2.45, 2.75) is 62.7 Å². The number of likely N-dealkylation sites (tertiary alicyclic amines) is 1. The molecule has 37 heavy (non-hydrogen) atoms. The SMILES string of the molecule is O=C(O)CC(NC(=O)C1CCCN1C(=O)C1CCCN1)C(=O)NC(Cc1c[nH]c2ccccc12)C(=O)O. The quantitative estimate of drug-likeness (QED) is 0.256. The van der Waals surface area contributed by atoms with Crippen molar-refractivity contribution in [2.75, 3.05) is 13.1 Å². The van der Waals surface area contributed by atoms with Crippen LogP contribution in [0.25, 0.3) is 10.9 Å². The van der Waals surface area contributed by atoms with Crippen molar-refractivity contribution in [1.82, 2.24) is 25.8 Å². The number of aromatic amines is 1. The monoisotopic (exact) mass is 513 g/mol. The Labute approximate surface area is 212 Å². The largest absolute Gasteiger partial charge is 0.481 e. The van der Waals surface area contributed by atoms with Gasteiger partial charge in [-0.1, -0.05) is 18.2 Å². The third-order valence-electron chi connectivity index (χ3n) is 6.92. The summed E-state index contributed by atoms with van der Waals surface area (Å²) < 4.78 is 0. The molecule has 198 valence electrons. The number of aliphatic carboxylic acids is 2. The highest BCUT2D eigenvalue weighted by molar-refractivity contribution is 5.96. The number of aromatic nitrogens is 1. The predicted molar refractivity (Wildman–Crippen MR) is 132 cm³/mol. The van der Waals surface area contributed by atoms with E-state index in [2.05, 4.69) is 20.9 Å². The molecule has 12 nitrogen and oxygen atoms in total. The van der Waals surface area contributed by atoms with E-state index in [1.54, 1.807) is 6.20 Å². The molecule has 4 atom stereocenters. The van der Waals surface area contributed by atoms with E-state index in [4.69, 9.17) is 0 Å². The molecule has 4 rings (SSSR count). The molecule has 2 aliphatic heterocycles. The smallest absolute Gasteiger partial charge is 0.326 e. The molecule has 2 aromatic rings. The minimum atomic E-state index is -1.50. The van der Waals surface area contributed by atoms with Gasteiger partial charge in [-0.2, -0.15) is 0 Å². The molecule has 3 heterocycles. The van der Waals surface area contributed by atoms with Gasteiger partial charge in [0, 0.05) is 30.1 Å². The molecule has 6 N–H and O–H groups in total. The van der Waals surface area contributed by atoms with Crippen molar-refractivity contribution in [3.05, 3.63) is 36.0 Å². The van der Waals surface area contributed by atoms with E-state index in [-0.39, 0.29) is 18.4 Å². The first-order chi connectivity index (χ1) is 17.7. The van der Waals surface area contributed by atoms with E-state index in [0.29, 0.717) is 31.4 Å². The lowest BCUT2D eigenvalue weighted by molar-refractivity contribution is -0.144. The van der Waals surface area contributed by atoms with Crippen molar-refractivity contribution in [2.24, 2.45) is 0 Å². The molecule has 3 amide bonds. The van der Waals surface area contributed by atoms with Crippen molar-refractivity contribution in [3.63, 3.8) is 0 Å². The van der Waals surface area contributed by atoms with Crippen molar-refractivity contribution >= 4 is 40.6 Å². The molecule has 0 aliphatic carbocycles. The molecule has 0 radical (unpaired) electrons. The normalized spacial score (nSPS) is 20.9. The standard InChI is InChI=1S/C25H31N5O7/c31-21(32)12-18(28-23(34)20-8-4-10-30(20)24(35)17-7-3-9-26-17)22(33)29-19(25(36)37)11-14-13-27-16-6-2-1-5-15(14)16/h1-2,5-6,13,17-20,26-27H,3-4,7-12H2,(H,28,34)(H,29,33)(H,31,32)(H,36,37). The van der Waals surface area contributed by atoms with Crippen LogP contribution in [0.5, 0.6) is 0 Å². The lowest BCUT2D eigenvalue weighted by Gasteiger charge is -2.28. The lowest BCUT2D eigenvalue weighted by Crippen LogP contribution is -2.57. The second-order valence-corrected chi connectivity index (χ2v) is 9.46. The van der Waals surface area contributed by atoms with Crippen molar-refractivity contribution in [3.8, 4) is 0 Å². The van der Waals surface area contributed by atoms with Gasteiger partial charge in [-0.25, -0.2) is 4.79 Å². The second-order valence-electron chi connectivity index (χ2n) is 9.46. The summed E-state index contributed by atoms with van der Waals surface area (Å²) in [4.78, 5) is 66.9. The number of para-hydroxylation sites is 1. The molecule has 0 bridgehead atoms. The van der Waals surface area contributed by atoms with Crippen LogP contribution in [0.15, 0.2) is 30.5 Å². The van der Waals surface area contributed by atoms with Gasteiger partial charge in [0.15, 0.2) is 0 Å². The molecule has 2 fully saturated rings. The van der Waals surface area contributed by atoms with E-state index in [1.807, 2.05) is 24.3 Å². The molecular formula is C25H31N5O7. The van der Waals surface area contributed by atoms with Gasteiger partial charge < -0.3 is 36.0 Å². The molecule has 2 aliphatic rings. The van der Waals surface area contributed by atoms with Crippen LogP contribution in [0.4, 0.5) is 0 Å². The Morgan fingerprint density at radius 2 is 1.81 bits per heavy atom. The van der Waals surface area contributed by atoms with Crippen LogP contribution in [0.1, 0.15) is 37.7 Å². The zero-order valence-electron chi connectivity index (χ0n) is 20.2. The van der Waals surface area contributed by atoms with E-state index in [1.165, 1.54) is 4.90 Å². The Morgan fingerprint density at radius 3 is 2.51 bits per heavy atom. The molecule has 1 aromatic heterocycles. The number of carboxylic acids is 2. The molecule has 0 saturated carbocycles. The van der Waals surface area contributed by atoms with Gasteiger partial charge in [-0.15, -0.1) is 0 Å². The number of rotatable bonds is 10. The molecular weight excluding hydrogens is 482 g/mol. The fourth-order valence-electron chi connectivity index (χ4n) is 5.04. The van der Waals surface area contributed by atoms with E-state index in [0.717, 1.165) is 23.9 Å². The number of hydrogen-bond acceptors (Lipinski definition) is 6. The van der Waals surface area contributed by atoms with Crippen LogP contribution in [0, 0.1) is 0 Å². The van der Waals surface area contributed by atoms with Crippen LogP contribution < -0.4 is 16.0 Å². The Balaban J connectivity index is 1.44. The van der Waals surface area contributed by atoms with Gasteiger partial charge in [0.2, 0.25) is 17.7 Å². The number of carbonyl (C=O) groups is 5. The van der Waals surface area contributed by atoms with Gasteiger partial charge >= 0.3 is 11.9 Å². The van der Waals surface area contributed by atoms with Crippen LogP contribution in [0.2, 0.25) is 0 Å². The number of benzene rings is 1. The maximum Gasteiger partial charge on any atom is 0.326 e. The molecule has 0 spiro atoms. The summed E-state index contributed by atoms with van der Waals surface area (Å²) >= 11 is 0. The third kappa shape index (κ3) is 6.08. The fraction of sp³-hybridized carbons (Fsp3) is 0.480. The van der Waals surface area contributed by atoms with Gasteiger partial charge in [-0.05, 0) is 43.9 Å². The topological polar surface area (TPSA) is 181 Å². The Morgan fingerprint density at radius 1 is 1.03 bits per heavy atom. The van der Waals surface area contributed by atoms with Gasteiger partial charge in [0.1, 0.15) is 18.1 Å². The minimum absolute atomic E-state index is 0.0435. The number of nitrogens with zero attached hydrogens (tertiary/aromatic N) is 1. The Hall–Kier alpha value is -3.93. The lowest BCUT2D eigenvalue weighted by atomic mass is 10.0. The van der Waals surface area contributed by atoms with Crippen LogP contribution in [-0.2, 0) is 30.4 Å². The number of fused-ring (bicyclic) bond motifs is 1. The number of hydrogen-bond donors (Lipinski definition) is 6. The molecule has 1 aromatic carbocycles. The summed E-state index contributed by atoms with van der Waals surface area (Å²) in [6.45, 7) is 1.13. The fourth-order valence-corrected chi connectivity index (χ4v) is 5.04. The number of carboxylic acid groups (broad SMARTS) is 2. The average molecular weight is 514 g/mol. The highest BCUT2D eigenvalue weighted by Crippen LogP contribution is 2.22. The van der Waals surface area contributed by atoms with E-state index < -0.39 is 48.3 Å². The first kappa shape index (κ1) is 26.1. The maximum atomic E-state index is 13.1. The predicted octanol–water partition coefficient (Wildman–Crippen LogP) is -0.0177. The maximum absolute atomic E-state index is 13.1. The molecule has 4 unspecified atom stereocenters. The van der Waals surface area contributed by atoms with E-state index >= 15 is 0 Å².